The summed E-state index contributed by atoms with van der Waals surface area (Å²) < 4.78 is 27.1. The SMILES string of the molecule is COc1nc(C)nc(N2CC(CS(=O)(=O)Cl)CC2=O)n1. The molecular formula is C10H13ClN4O4S. The van der Waals surface area contributed by atoms with E-state index in [9.17, 15) is 13.2 Å². The molecule has 20 heavy (non-hydrogen) atoms. The predicted octanol–water partition coefficient (Wildman–Crippen LogP) is 0.110. The Balaban J connectivity index is 2.21. The summed E-state index contributed by atoms with van der Waals surface area (Å²) in [6, 6.07) is 0.105. The van der Waals surface area contributed by atoms with E-state index < -0.39 is 9.05 Å². The average molecular weight is 321 g/mol. The molecule has 10 heteroatoms. The molecule has 110 valence electrons. The number of hydrogen-bond donors (Lipinski definition) is 0. The van der Waals surface area contributed by atoms with Crippen molar-refractivity contribution in [3.05, 3.63) is 5.82 Å². The van der Waals surface area contributed by atoms with Crippen LogP contribution >= 0.6 is 10.7 Å². The summed E-state index contributed by atoms with van der Waals surface area (Å²) in [4.78, 5) is 25.2. The molecule has 0 aromatic carbocycles. The van der Waals surface area contributed by atoms with Gasteiger partial charge in [0.2, 0.25) is 20.9 Å². The van der Waals surface area contributed by atoms with Crippen molar-refractivity contribution in [2.24, 2.45) is 5.92 Å². The Morgan fingerprint density at radius 2 is 2.10 bits per heavy atom. The van der Waals surface area contributed by atoms with Gasteiger partial charge in [0.25, 0.3) is 0 Å². The number of ether oxygens (including phenoxy) is 1. The summed E-state index contributed by atoms with van der Waals surface area (Å²) in [5.41, 5.74) is 0. The van der Waals surface area contributed by atoms with Crippen molar-refractivity contribution in [2.45, 2.75) is 13.3 Å². The van der Waals surface area contributed by atoms with E-state index >= 15 is 0 Å². The molecule has 1 saturated heterocycles. The van der Waals surface area contributed by atoms with Crippen LogP contribution in [0, 0.1) is 12.8 Å². The molecule has 0 radical (unpaired) electrons. The van der Waals surface area contributed by atoms with Gasteiger partial charge in [-0.05, 0) is 6.92 Å². The van der Waals surface area contributed by atoms with Gasteiger partial charge in [-0.15, -0.1) is 0 Å². The van der Waals surface area contributed by atoms with Crippen LogP contribution in [-0.2, 0) is 13.8 Å². The van der Waals surface area contributed by atoms with Gasteiger partial charge in [0.1, 0.15) is 5.82 Å². The topological polar surface area (TPSA) is 102 Å². The van der Waals surface area contributed by atoms with E-state index in [4.69, 9.17) is 15.4 Å². The zero-order chi connectivity index (χ0) is 14.9. The molecule has 0 spiro atoms. The lowest BCUT2D eigenvalue weighted by atomic mass is 10.1. The summed E-state index contributed by atoms with van der Waals surface area (Å²) in [6.45, 7) is 1.85. The van der Waals surface area contributed by atoms with Crippen molar-refractivity contribution in [2.75, 3.05) is 24.3 Å². The monoisotopic (exact) mass is 320 g/mol. The molecule has 1 amide bonds. The molecule has 0 aliphatic carbocycles. The highest BCUT2D eigenvalue weighted by Gasteiger charge is 2.34. The first-order chi connectivity index (χ1) is 9.28. The lowest BCUT2D eigenvalue weighted by molar-refractivity contribution is -0.117. The largest absolute Gasteiger partial charge is 0.467 e. The number of rotatable bonds is 4. The molecule has 1 aliphatic rings. The quantitative estimate of drug-likeness (QED) is 0.725. The highest BCUT2D eigenvalue weighted by molar-refractivity contribution is 8.13. The Morgan fingerprint density at radius 3 is 2.70 bits per heavy atom. The van der Waals surface area contributed by atoms with Crippen molar-refractivity contribution in [1.82, 2.24) is 15.0 Å². The average Bonchev–Trinajstić information content (AvgIpc) is 2.66. The molecule has 1 fully saturated rings. The molecule has 1 aromatic rings. The normalized spacial score (nSPS) is 19.4. The van der Waals surface area contributed by atoms with Crippen molar-refractivity contribution in [3.63, 3.8) is 0 Å². The van der Waals surface area contributed by atoms with Crippen LogP contribution in [0.15, 0.2) is 0 Å². The second kappa shape index (κ2) is 5.49. The van der Waals surface area contributed by atoms with E-state index in [1.807, 2.05) is 0 Å². The van der Waals surface area contributed by atoms with Crippen molar-refractivity contribution >= 4 is 31.6 Å². The summed E-state index contributed by atoms with van der Waals surface area (Å²) in [6.07, 6.45) is 0.0962. The molecule has 1 atom stereocenters. The molecule has 0 N–H and O–H groups in total. The molecule has 1 unspecified atom stereocenters. The fraction of sp³-hybridized carbons (Fsp3) is 0.600. The van der Waals surface area contributed by atoms with Crippen LogP contribution < -0.4 is 9.64 Å². The second-order valence-electron chi connectivity index (χ2n) is 4.45. The van der Waals surface area contributed by atoms with Gasteiger partial charge >= 0.3 is 6.01 Å². The number of aromatic nitrogens is 3. The van der Waals surface area contributed by atoms with Gasteiger partial charge in [0.15, 0.2) is 0 Å². The number of carbonyl (C=O) groups is 1. The maximum Gasteiger partial charge on any atom is 0.321 e. The van der Waals surface area contributed by atoms with E-state index in [0.29, 0.717) is 5.82 Å². The summed E-state index contributed by atoms with van der Waals surface area (Å²) >= 11 is 0. The third-order valence-corrected chi connectivity index (χ3v) is 4.03. The number of methoxy groups -OCH3 is 1. The smallest absolute Gasteiger partial charge is 0.321 e. The Hall–Kier alpha value is -1.48. The minimum absolute atomic E-state index is 0.0962. The first-order valence-corrected chi connectivity index (χ1v) is 8.25. The van der Waals surface area contributed by atoms with Crippen LogP contribution in [0.2, 0.25) is 0 Å². The Labute approximate surface area is 120 Å². The van der Waals surface area contributed by atoms with E-state index in [1.165, 1.54) is 12.0 Å². The van der Waals surface area contributed by atoms with Crippen molar-refractivity contribution < 1.29 is 17.9 Å². The first-order valence-electron chi connectivity index (χ1n) is 5.78. The van der Waals surface area contributed by atoms with Gasteiger partial charge < -0.3 is 4.74 Å². The van der Waals surface area contributed by atoms with Crippen LogP contribution in [0.1, 0.15) is 12.2 Å². The molecular weight excluding hydrogens is 308 g/mol. The Kier molecular flexibility index (Phi) is 4.09. The predicted molar refractivity (Wildman–Crippen MR) is 71.2 cm³/mol. The molecule has 1 aromatic heterocycles. The number of amides is 1. The van der Waals surface area contributed by atoms with E-state index in [0.717, 1.165) is 0 Å². The van der Waals surface area contributed by atoms with Gasteiger partial charge in [-0.2, -0.15) is 15.0 Å². The number of carbonyl (C=O) groups excluding carboxylic acids is 1. The Morgan fingerprint density at radius 1 is 1.40 bits per heavy atom. The van der Waals surface area contributed by atoms with Crippen LogP contribution in [-0.4, -0.2) is 48.7 Å². The number of nitrogens with zero attached hydrogens (tertiary/aromatic N) is 4. The molecule has 0 bridgehead atoms. The minimum atomic E-state index is -3.64. The van der Waals surface area contributed by atoms with Crippen LogP contribution in [0.5, 0.6) is 6.01 Å². The molecule has 2 heterocycles. The fourth-order valence-electron chi connectivity index (χ4n) is 2.02. The second-order valence-corrected chi connectivity index (χ2v) is 7.27. The molecule has 0 saturated carbocycles. The maximum absolute atomic E-state index is 11.9. The fourth-order valence-corrected chi connectivity index (χ4v) is 3.34. The maximum atomic E-state index is 11.9. The first kappa shape index (κ1) is 14.9. The molecule has 8 nitrogen and oxygen atoms in total. The molecule has 1 aliphatic heterocycles. The van der Waals surface area contributed by atoms with Crippen LogP contribution in [0.4, 0.5) is 5.95 Å². The highest BCUT2D eigenvalue weighted by Crippen LogP contribution is 2.25. The van der Waals surface area contributed by atoms with E-state index in [1.54, 1.807) is 6.92 Å². The van der Waals surface area contributed by atoms with E-state index in [2.05, 4.69) is 15.0 Å². The zero-order valence-corrected chi connectivity index (χ0v) is 12.5. The standard InChI is InChI=1S/C10H13ClN4O4S/c1-6-12-9(14-10(13-6)19-2)15-4-7(3-8(15)16)5-20(11,17)18/h7H,3-5H2,1-2H3. The van der Waals surface area contributed by atoms with Gasteiger partial charge in [0.05, 0.1) is 12.9 Å². The van der Waals surface area contributed by atoms with Crippen LogP contribution in [0.25, 0.3) is 0 Å². The van der Waals surface area contributed by atoms with Gasteiger partial charge in [0, 0.05) is 29.6 Å². The van der Waals surface area contributed by atoms with Crippen molar-refractivity contribution in [3.8, 4) is 6.01 Å². The van der Waals surface area contributed by atoms with Gasteiger partial charge in [-0.25, -0.2) is 8.42 Å². The third kappa shape index (κ3) is 3.54. The van der Waals surface area contributed by atoms with Crippen LogP contribution in [0.3, 0.4) is 0 Å². The van der Waals surface area contributed by atoms with Crippen molar-refractivity contribution in [1.29, 1.82) is 0 Å². The number of anilines is 1. The van der Waals surface area contributed by atoms with Gasteiger partial charge in [-0.3, -0.25) is 9.69 Å². The zero-order valence-electron chi connectivity index (χ0n) is 10.9. The summed E-state index contributed by atoms with van der Waals surface area (Å²) in [5.74, 6) is -0.296. The molecule has 2 rings (SSSR count). The third-order valence-electron chi connectivity index (χ3n) is 2.78. The van der Waals surface area contributed by atoms with Gasteiger partial charge in [-0.1, -0.05) is 0 Å². The summed E-state index contributed by atoms with van der Waals surface area (Å²) in [7, 11) is 2.98. The number of aryl methyl sites for hydroxylation is 1. The lowest BCUT2D eigenvalue weighted by Gasteiger charge is -2.14. The van der Waals surface area contributed by atoms with E-state index in [-0.39, 0.29) is 42.5 Å². The highest BCUT2D eigenvalue weighted by atomic mass is 35.7. The lowest BCUT2D eigenvalue weighted by Crippen LogP contribution is -2.28. The minimum Gasteiger partial charge on any atom is -0.467 e. The summed E-state index contributed by atoms with van der Waals surface area (Å²) in [5, 5.41) is 0. The Bertz CT molecular complexity index is 636. The number of halogens is 1. The number of hydrogen-bond acceptors (Lipinski definition) is 7.